The van der Waals surface area contributed by atoms with Gasteiger partial charge in [-0.3, -0.25) is 4.79 Å². The van der Waals surface area contributed by atoms with Gasteiger partial charge in [0.2, 0.25) is 17.5 Å². The van der Waals surface area contributed by atoms with Gasteiger partial charge in [-0.05, 0) is 44.2 Å². The van der Waals surface area contributed by atoms with Gasteiger partial charge in [-0.1, -0.05) is 12.1 Å². The fourth-order valence-corrected chi connectivity index (χ4v) is 6.11. The third-order valence-electron chi connectivity index (χ3n) is 9.21. The lowest BCUT2D eigenvalue weighted by Gasteiger charge is -2.46. The molecule has 2 aromatic carbocycles. The molecule has 51 heavy (non-hydrogen) atoms. The van der Waals surface area contributed by atoms with Crippen molar-refractivity contribution in [1.82, 2.24) is 0 Å². The highest BCUT2D eigenvalue weighted by molar-refractivity contribution is 5.82. The number of aromatic hydroxyl groups is 2. The maximum Gasteiger partial charge on any atom is 0.235 e. The summed E-state index contributed by atoms with van der Waals surface area (Å²) in [5, 5.41) is 105. The first-order valence-corrected chi connectivity index (χ1v) is 16.1. The summed E-state index contributed by atoms with van der Waals surface area (Å²) < 4.78 is 40.5. The Balaban J connectivity index is 1.37. The number of benzene rings is 2. The second kappa shape index (κ2) is 14.9. The largest absolute Gasteiger partial charge is 0.504 e. The van der Waals surface area contributed by atoms with E-state index in [2.05, 4.69) is 0 Å². The summed E-state index contributed by atoms with van der Waals surface area (Å²) in [5.74, 6) is -1.82. The summed E-state index contributed by atoms with van der Waals surface area (Å²) in [4.78, 5) is 14.0. The molecule has 0 radical (unpaired) electrons. The number of hydrogen-bond acceptors (Lipinski definition) is 18. The highest BCUT2D eigenvalue weighted by Crippen LogP contribution is 2.38. The van der Waals surface area contributed by atoms with Gasteiger partial charge in [0.15, 0.2) is 35.9 Å². The van der Waals surface area contributed by atoms with E-state index in [1.807, 2.05) is 0 Å². The molecule has 10 N–H and O–H groups in total. The fourth-order valence-electron chi connectivity index (χ4n) is 6.11. The maximum atomic E-state index is 14.0. The van der Waals surface area contributed by atoms with Gasteiger partial charge in [-0.25, -0.2) is 0 Å². The van der Waals surface area contributed by atoms with Crippen molar-refractivity contribution in [3.8, 4) is 28.6 Å². The maximum absolute atomic E-state index is 14.0. The van der Waals surface area contributed by atoms with Crippen LogP contribution in [-0.4, -0.2) is 150 Å². The van der Waals surface area contributed by atoms with Gasteiger partial charge in [0.25, 0.3) is 0 Å². The van der Waals surface area contributed by atoms with Crippen LogP contribution >= 0.6 is 0 Å². The third-order valence-corrected chi connectivity index (χ3v) is 9.21. The Bertz CT molecular complexity index is 1730. The van der Waals surface area contributed by atoms with Crippen molar-refractivity contribution in [3.63, 3.8) is 0 Å². The number of fused-ring (bicyclic) bond motifs is 1. The molecule has 6 rings (SSSR count). The van der Waals surface area contributed by atoms with Crippen molar-refractivity contribution in [1.29, 1.82) is 0 Å². The summed E-state index contributed by atoms with van der Waals surface area (Å²) in [6.45, 7) is 2.19. The van der Waals surface area contributed by atoms with Crippen LogP contribution in [0.3, 0.4) is 0 Å². The van der Waals surface area contributed by atoms with Crippen LogP contribution < -0.4 is 10.2 Å². The zero-order valence-corrected chi connectivity index (χ0v) is 27.1. The number of ether oxygens (including phenoxy) is 6. The molecular formula is C33H40O18. The monoisotopic (exact) mass is 724 g/mol. The standard InChI is InChI=1S/C33H40O18/c1-11-19(36)23(40)26(43)31(46-11)45-10-18-22(39)25(42)30(51-32-27(44)24(41)20(37)12(2)47-32)33(49-18)50-29-21(38)14-5-3-4-6-17(14)48-28(29)13-7-8-15(34)16(35)9-13/h3-9,11-12,18-20,22-27,30-37,39-44H,10H2,1-2H3/t11-,12-,18+,19-,20-,22-,23+,24+,25-,26+,27+,30+,31+,32+,33-/m0/s1. The van der Waals surface area contributed by atoms with E-state index in [0.717, 1.165) is 12.1 Å². The molecule has 1 aromatic heterocycles. The van der Waals surface area contributed by atoms with Gasteiger partial charge < -0.3 is 83.9 Å². The molecule has 0 unspecified atom stereocenters. The van der Waals surface area contributed by atoms with Crippen LogP contribution in [0.25, 0.3) is 22.3 Å². The molecule has 18 nitrogen and oxygen atoms in total. The van der Waals surface area contributed by atoms with Gasteiger partial charge in [0.05, 0.1) is 24.2 Å². The van der Waals surface area contributed by atoms with Crippen molar-refractivity contribution < 1.29 is 83.9 Å². The molecule has 4 heterocycles. The fraction of sp³-hybridized carbons (Fsp3) is 0.545. The lowest BCUT2D eigenvalue weighted by atomic mass is 9.97. The molecule has 3 aliphatic rings. The van der Waals surface area contributed by atoms with Crippen molar-refractivity contribution in [2.75, 3.05) is 6.61 Å². The third kappa shape index (κ3) is 7.16. The smallest absolute Gasteiger partial charge is 0.235 e. The summed E-state index contributed by atoms with van der Waals surface area (Å²) in [7, 11) is 0. The second-order valence-corrected chi connectivity index (χ2v) is 12.7. The van der Waals surface area contributed by atoms with Crippen molar-refractivity contribution in [3.05, 3.63) is 52.7 Å². The SMILES string of the molecule is C[C@@H]1O[C@@H](OC[C@H]2O[C@@H](Oc3c(-c4ccc(O)c(O)c4)oc4ccccc4c3=O)[C@H](O[C@H]3O[C@@H](C)[C@H](O)[C@@H](O)[C@H]3O)[C@@H](O)[C@H]2O)[C@H](O)[C@H](O)[C@H]1O. The predicted molar refractivity (Wildman–Crippen MR) is 168 cm³/mol. The zero-order valence-electron chi connectivity index (χ0n) is 27.1. The number of phenols is 2. The van der Waals surface area contributed by atoms with Crippen LogP contribution in [0, 0.1) is 0 Å². The molecular weight excluding hydrogens is 684 g/mol. The average molecular weight is 725 g/mol. The zero-order chi connectivity index (χ0) is 36.9. The Labute approximate surface area is 288 Å². The molecule has 3 aliphatic heterocycles. The summed E-state index contributed by atoms with van der Waals surface area (Å²) in [6.07, 6.45) is -24.2. The van der Waals surface area contributed by atoms with Gasteiger partial charge in [-0.15, -0.1) is 0 Å². The minimum absolute atomic E-state index is 0.0447. The average Bonchev–Trinajstić information content (AvgIpc) is 3.11. The van der Waals surface area contributed by atoms with E-state index in [4.69, 9.17) is 32.8 Å². The number of aliphatic hydroxyl groups is 8. The first-order chi connectivity index (χ1) is 24.2. The first-order valence-electron chi connectivity index (χ1n) is 16.1. The Hall–Kier alpha value is -3.47. The number of aliphatic hydroxyl groups excluding tert-OH is 8. The lowest BCUT2D eigenvalue weighted by Crippen LogP contribution is -2.65. The van der Waals surface area contributed by atoms with E-state index in [-0.39, 0.29) is 22.3 Å². The second-order valence-electron chi connectivity index (χ2n) is 12.7. The topological polar surface area (TPSA) is 288 Å². The Morgan fingerprint density at radius 3 is 1.96 bits per heavy atom. The molecule has 3 saturated heterocycles. The summed E-state index contributed by atoms with van der Waals surface area (Å²) in [5.41, 5.74) is -0.576. The van der Waals surface area contributed by atoms with E-state index in [0.29, 0.717) is 0 Å². The first kappa shape index (κ1) is 37.3. The van der Waals surface area contributed by atoms with Gasteiger partial charge in [0, 0.05) is 5.56 Å². The minimum Gasteiger partial charge on any atom is -0.504 e. The Morgan fingerprint density at radius 2 is 1.29 bits per heavy atom. The molecule has 280 valence electrons. The number of hydrogen-bond donors (Lipinski definition) is 10. The highest BCUT2D eigenvalue weighted by atomic mass is 16.8. The van der Waals surface area contributed by atoms with E-state index in [1.54, 1.807) is 12.1 Å². The number of phenolic OH excluding ortho intramolecular Hbond substituents is 2. The van der Waals surface area contributed by atoms with Crippen LogP contribution in [0.2, 0.25) is 0 Å². The van der Waals surface area contributed by atoms with Crippen LogP contribution in [0.5, 0.6) is 17.2 Å². The quantitative estimate of drug-likeness (QED) is 0.110. The van der Waals surface area contributed by atoms with E-state index < -0.39 is 121 Å². The predicted octanol–water partition coefficient (Wildman–Crippen LogP) is -2.25. The van der Waals surface area contributed by atoms with Gasteiger partial charge >= 0.3 is 0 Å². The van der Waals surface area contributed by atoms with Crippen molar-refractivity contribution >= 4 is 11.0 Å². The minimum atomic E-state index is -1.95. The highest BCUT2D eigenvalue weighted by Gasteiger charge is 2.52. The Morgan fingerprint density at radius 1 is 0.667 bits per heavy atom. The molecule has 15 atom stereocenters. The number of para-hydroxylation sites is 1. The summed E-state index contributed by atoms with van der Waals surface area (Å²) >= 11 is 0. The van der Waals surface area contributed by atoms with Crippen molar-refractivity contribution in [2.45, 2.75) is 106 Å². The van der Waals surface area contributed by atoms with E-state index in [1.165, 1.54) is 32.0 Å². The Kier molecular flexibility index (Phi) is 10.9. The molecule has 3 aromatic rings. The number of rotatable bonds is 8. The molecule has 0 bridgehead atoms. The molecule has 0 amide bonds. The van der Waals surface area contributed by atoms with E-state index in [9.17, 15) is 55.9 Å². The molecule has 0 saturated carbocycles. The van der Waals surface area contributed by atoms with Gasteiger partial charge in [0.1, 0.15) is 60.5 Å². The van der Waals surface area contributed by atoms with Crippen LogP contribution in [0.4, 0.5) is 0 Å². The van der Waals surface area contributed by atoms with Crippen LogP contribution in [0.1, 0.15) is 13.8 Å². The van der Waals surface area contributed by atoms with Crippen molar-refractivity contribution in [2.24, 2.45) is 0 Å². The van der Waals surface area contributed by atoms with Crippen LogP contribution in [-0.2, 0) is 23.7 Å². The summed E-state index contributed by atoms with van der Waals surface area (Å²) in [6, 6.07) is 9.68. The molecule has 3 fully saturated rings. The normalized spacial score (nSPS) is 38.8. The van der Waals surface area contributed by atoms with Crippen LogP contribution in [0.15, 0.2) is 51.7 Å². The molecule has 18 heteroatoms. The lowest BCUT2D eigenvalue weighted by molar-refractivity contribution is -0.360. The van der Waals surface area contributed by atoms with E-state index >= 15 is 0 Å². The van der Waals surface area contributed by atoms with Gasteiger partial charge in [-0.2, -0.15) is 0 Å². The molecule has 0 aliphatic carbocycles. The molecule has 0 spiro atoms.